The number of aryl methyl sites for hydroxylation is 1. The summed E-state index contributed by atoms with van der Waals surface area (Å²) in [7, 11) is 1.43. The van der Waals surface area contributed by atoms with E-state index < -0.39 is 5.97 Å². The number of rotatable bonds is 6. The minimum absolute atomic E-state index is 0.00534. The highest BCUT2D eigenvalue weighted by atomic mass is 16.5. The van der Waals surface area contributed by atoms with Gasteiger partial charge in [0.1, 0.15) is 6.54 Å². The Morgan fingerprint density at radius 1 is 1.35 bits per heavy atom. The lowest BCUT2D eigenvalue weighted by molar-refractivity contribution is -0.117. The van der Waals surface area contributed by atoms with Crippen LogP contribution in [0.25, 0.3) is 0 Å². The van der Waals surface area contributed by atoms with Crippen LogP contribution < -0.4 is 5.32 Å². The van der Waals surface area contributed by atoms with Crippen molar-refractivity contribution in [3.63, 3.8) is 0 Å². The zero-order chi connectivity index (χ0) is 17.0. The first kappa shape index (κ1) is 16.6. The largest absolute Gasteiger partial charge is 0.476 e. The molecule has 1 amide bonds. The van der Waals surface area contributed by atoms with Crippen molar-refractivity contribution in [2.24, 2.45) is 0 Å². The van der Waals surface area contributed by atoms with E-state index in [0.717, 1.165) is 11.1 Å². The smallest absolute Gasteiger partial charge is 0.358 e. The number of carboxylic acid groups (broad SMARTS) is 1. The molecule has 0 aliphatic heterocycles. The van der Waals surface area contributed by atoms with E-state index in [9.17, 15) is 9.59 Å². The van der Waals surface area contributed by atoms with Crippen LogP contribution in [-0.4, -0.2) is 39.1 Å². The quantitative estimate of drug-likeness (QED) is 0.833. The summed E-state index contributed by atoms with van der Waals surface area (Å²) < 4.78 is 6.19. The van der Waals surface area contributed by atoms with Crippen molar-refractivity contribution >= 4 is 17.6 Å². The number of carbonyl (C=O) groups excluding carboxylic acids is 1. The second-order valence-corrected chi connectivity index (χ2v) is 5.08. The molecule has 122 valence electrons. The molecule has 0 aliphatic carbocycles. The Bertz CT molecular complexity index is 739. The van der Waals surface area contributed by atoms with E-state index in [1.807, 2.05) is 26.0 Å². The van der Waals surface area contributed by atoms with Crippen LogP contribution in [0.15, 0.2) is 18.2 Å². The summed E-state index contributed by atoms with van der Waals surface area (Å²) >= 11 is 0. The van der Waals surface area contributed by atoms with Gasteiger partial charge in [0.05, 0.1) is 12.3 Å². The van der Waals surface area contributed by atoms with E-state index in [-0.39, 0.29) is 30.4 Å². The number of methoxy groups -OCH3 is 1. The summed E-state index contributed by atoms with van der Waals surface area (Å²) in [6.45, 7) is 3.73. The zero-order valence-corrected chi connectivity index (χ0v) is 13.2. The summed E-state index contributed by atoms with van der Waals surface area (Å²) in [6, 6.07) is 5.62. The molecule has 0 saturated heterocycles. The third-order valence-electron chi connectivity index (χ3n) is 3.49. The van der Waals surface area contributed by atoms with Crippen LogP contribution in [0.5, 0.6) is 0 Å². The maximum atomic E-state index is 12.2. The van der Waals surface area contributed by atoms with Gasteiger partial charge in [0.15, 0.2) is 5.69 Å². The minimum atomic E-state index is -1.21. The summed E-state index contributed by atoms with van der Waals surface area (Å²) in [5.74, 6) is -1.53. The van der Waals surface area contributed by atoms with E-state index in [1.165, 1.54) is 11.8 Å². The van der Waals surface area contributed by atoms with Gasteiger partial charge < -0.3 is 15.2 Å². The molecule has 1 heterocycles. The van der Waals surface area contributed by atoms with E-state index in [0.29, 0.717) is 5.69 Å². The predicted molar refractivity (Wildman–Crippen MR) is 82.2 cm³/mol. The Morgan fingerprint density at radius 3 is 2.74 bits per heavy atom. The second kappa shape index (κ2) is 7.01. The molecule has 0 atom stereocenters. The summed E-state index contributed by atoms with van der Waals surface area (Å²) in [6.07, 6.45) is 0. The fourth-order valence-electron chi connectivity index (χ4n) is 2.12. The zero-order valence-electron chi connectivity index (χ0n) is 13.2. The van der Waals surface area contributed by atoms with Gasteiger partial charge in [0.25, 0.3) is 0 Å². The van der Waals surface area contributed by atoms with Crippen LogP contribution in [0.1, 0.15) is 27.3 Å². The van der Waals surface area contributed by atoms with Crippen LogP contribution in [0.2, 0.25) is 0 Å². The SMILES string of the molecule is COCc1c(C(=O)O)nnn1CC(=O)Nc1cccc(C)c1C. The fraction of sp³-hybridized carbons (Fsp3) is 0.333. The van der Waals surface area contributed by atoms with E-state index >= 15 is 0 Å². The second-order valence-electron chi connectivity index (χ2n) is 5.08. The number of nitrogens with one attached hydrogen (secondary N) is 1. The number of hydrogen-bond acceptors (Lipinski definition) is 5. The number of aromatic carboxylic acids is 1. The number of carbonyl (C=O) groups is 2. The summed E-state index contributed by atoms with van der Waals surface area (Å²) in [5.41, 5.74) is 2.78. The van der Waals surface area contributed by atoms with E-state index in [4.69, 9.17) is 9.84 Å². The molecule has 1 aromatic carbocycles. The molecular formula is C15H18N4O4. The molecule has 0 saturated carbocycles. The maximum Gasteiger partial charge on any atom is 0.358 e. The van der Waals surface area contributed by atoms with Gasteiger partial charge in [-0.05, 0) is 31.0 Å². The van der Waals surface area contributed by atoms with Crippen LogP contribution >= 0.6 is 0 Å². The molecule has 0 radical (unpaired) electrons. The van der Waals surface area contributed by atoms with Gasteiger partial charge in [-0.1, -0.05) is 17.3 Å². The molecule has 2 aromatic rings. The van der Waals surface area contributed by atoms with Gasteiger partial charge in [-0.3, -0.25) is 4.79 Å². The van der Waals surface area contributed by atoms with Gasteiger partial charge in [0.2, 0.25) is 5.91 Å². The fourth-order valence-corrected chi connectivity index (χ4v) is 2.12. The predicted octanol–water partition coefficient (Wildman–Crippen LogP) is 1.38. The molecule has 0 spiro atoms. The molecule has 0 fully saturated rings. The number of anilines is 1. The average molecular weight is 318 g/mol. The average Bonchev–Trinajstić information content (AvgIpc) is 2.87. The molecule has 0 bridgehead atoms. The lowest BCUT2D eigenvalue weighted by Crippen LogP contribution is -2.22. The topological polar surface area (TPSA) is 106 Å². The normalized spacial score (nSPS) is 10.6. The van der Waals surface area contributed by atoms with Crippen molar-refractivity contribution in [2.75, 3.05) is 12.4 Å². The number of ether oxygens (including phenoxy) is 1. The van der Waals surface area contributed by atoms with Crippen molar-refractivity contribution < 1.29 is 19.4 Å². The van der Waals surface area contributed by atoms with Gasteiger partial charge in [0, 0.05) is 12.8 Å². The molecule has 1 aromatic heterocycles. The first-order chi connectivity index (χ1) is 10.9. The third-order valence-corrected chi connectivity index (χ3v) is 3.49. The first-order valence-electron chi connectivity index (χ1n) is 6.94. The van der Waals surface area contributed by atoms with Gasteiger partial charge in [-0.25, -0.2) is 9.48 Å². The van der Waals surface area contributed by atoms with E-state index in [2.05, 4.69) is 15.6 Å². The van der Waals surface area contributed by atoms with Crippen molar-refractivity contribution in [3.8, 4) is 0 Å². The summed E-state index contributed by atoms with van der Waals surface area (Å²) in [5, 5.41) is 19.2. The number of amides is 1. The Hall–Kier alpha value is -2.74. The minimum Gasteiger partial charge on any atom is -0.476 e. The maximum absolute atomic E-state index is 12.2. The molecule has 23 heavy (non-hydrogen) atoms. The Balaban J connectivity index is 2.17. The van der Waals surface area contributed by atoms with Gasteiger partial charge in [-0.15, -0.1) is 5.10 Å². The van der Waals surface area contributed by atoms with Crippen molar-refractivity contribution in [1.29, 1.82) is 0 Å². The van der Waals surface area contributed by atoms with Gasteiger partial charge >= 0.3 is 5.97 Å². The highest BCUT2D eigenvalue weighted by Crippen LogP contribution is 2.18. The highest BCUT2D eigenvalue weighted by Gasteiger charge is 2.20. The number of hydrogen-bond donors (Lipinski definition) is 2. The Morgan fingerprint density at radius 2 is 2.09 bits per heavy atom. The Kier molecular flexibility index (Phi) is 5.07. The number of benzene rings is 1. The molecule has 8 heteroatoms. The number of aromatic nitrogens is 3. The van der Waals surface area contributed by atoms with Crippen molar-refractivity contribution in [2.45, 2.75) is 27.0 Å². The molecule has 2 rings (SSSR count). The van der Waals surface area contributed by atoms with E-state index in [1.54, 1.807) is 6.07 Å². The van der Waals surface area contributed by atoms with Crippen LogP contribution in [-0.2, 0) is 22.7 Å². The lowest BCUT2D eigenvalue weighted by Gasteiger charge is -2.11. The Labute approximate surface area is 133 Å². The molecular weight excluding hydrogens is 300 g/mol. The molecule has 0 unspecified atom stereocenters. The van der Waals surface area contributed by atoms with Crippen molar-refractivity contribution in [1.82, 2.24) is 15.0 Å². The third kappa shape index (κ3) is 3.72. The highest BCUT2D eigenvalue weighted by molar-refractivity contribution is 5.92. The number of nitrogens with zero attached hydrogens (tertiary/aromatic N) is 3. The standard InChI is InChI=1S/C15H18N4O4/c1-9-5-4-6-11(10(9)2)16-13(20)7-19-12(8-23-3)14(15(21)22)17-18-19/h4-6H,7-8H2,1-3H3,(H,16,20)(H,21,22). The van der Waals surface area contributed by atoms with Crippen LogP contribution in [0.3, 0.4) is 0 Å². The number of carboxylic acids is 1. The monoisotopic (exact) mass is 318 g/mol. The summed E-state index contributed by atoms with van der Waals surface area (Å²) in [4.78, 5) is 23.3. The van der Waals surface area contributed by atoms with Crippen LogP contribution in [0, 0.1) is 13.8 Å². The molecule has 0 aliphatic rings. The molecule has 8 nitrogen and oxygen atoms in total. The van der Waals surface area contributed by atoms with Crippen molar-refractivity contribution in [3.05, 3.63) is 40.7 Å². The lowest BCUT2D eigenvalue weighted by atomic mass is 10.1. The van der Waals surface area contributed by atoms with Gasteiger partial charge in [-0.2, -0.15) is 0 Å². The molecule has 2 N–H and O–H groups in total. The van der Waals surface area contributed by atoms with Crippen LogP contribution in [0.4, 0.5) is 5.69 Å². The first-order valence-corrected chi connectivity index (χ1v) is 6.94.